The molecule has 0 aromatic heterocycles. The SMILES string of the molecule is OCC(O)C1CCCN1. The molecule has 1 fully saturated rings. The first kappa shape index (κ1) is 6.99. The number of hydrogen-bond acceptors (Lipinski definition) is 3. The van der Waals surface area contributed by atoms with E-state index in [-0.39, 0.29) is 12.6 Å². The van der Waals surface area contributed by atoms with E-state index in [0.717, 1.165) is 19.4 Å². The summed E-state index contributed by atoms with van der Waals surface area (Å²) in [6.07, 6.45) is 1.54. The molecule has 0 amide bonds. The van der Waals surface area contributed by atoms with Crippen LogP contribution in [0.15, 0.2) is 0 Å². The molecule has 0 bridgehead atoms. The molecule has 0 aromatic carbocycles. The number of aliphatic hydroxyl groups is 2. The fraction of sp³-hybridized carbons (Fsp3) is 1.00. The van der Waals surface area contributed by atoms with E-state index in [1.54, 1.807) is 0 Å². The van der Waals surface area contributed by atoms with E-state index in [2.05, 4.69) is 5.32 Å². The Balaban J connectivity index is 2.24. The van der Waals surface area contributed by atoms with Crippen molar-refractivity contribution in [2.75, 3.05) is 13.2 Å². The quantitative estimate of drug-likeness (QED) is 0.455. The zero-order chi connectivity index (χ0) is 6.69. The molecule has 0 aromatic rings. The van der Waals surface area contributed by atoms with E-state index in [4.69, 9.17) is 10.2 Å². The summed E-state index contributed by atoms with van der Waals surface area (Å²) in [5, 5.41) is 20.6. The maximum atomic E-state index is 9.05. The summed E-state index contributed by atoms with van der Waals surface area (Å²) >= 11 is 0. The van der Waals surface area contributed by atoms with E-state index in [1.807, 2.05) is 0 Å². The molecule has 3 N–H and O–H groups in total. The van der Waals surface area contributed by atoms with Crippen molar-refractivity contribution in [1.29, 1.82) is 0 Å². The Bertz CT molecular complexity index is 81.1. The average molecular weight is 131 g/mol. The van der Waals surface area contributed by atoms with Crippen molar-refractivity contribution in [2.45, 2.75) is 25.0 Å². The predicted octanol–water partition coefficient (Wildman–Crippen LogP) is -0.908. The summed E-state index contributed by atoms with van der Waals surface area (Å²) in [6.45, 7) is 0.847. The smallest absolute Gasteiger partial charge is 0.0923 e. The average Bonchev–Trinajstić information content (AvgIpc) is 2.37. The maximum absolute atomic E-state index is 9.05. The highest BCUT2D eigenvalue weighted by atomic mass is 16.3. The minimum Gasteiger partial charge on any atom is -0.394 e. The van der Waals surface area contributed by atoms with Gasteiger partial charge < -0.3 is 15.5 Å². The number of aliphatic hydroxyl groups excluding tert-OH is 2. The van der Waals surface area contributed by atoms with Crippen LogP contribution in [0.4, 0.5) is 0 Å². The first-order valence-corrected chi connectivity index (χ1v) is 3.37. The lowest BCUT2D eigenvalue weighted by Crippen LogP contribution is -2.36. The minimum atomic E-state index is -0.563. The van der Waals surface area contributed by atoms with Gasteiger partial charge in [-0.15, -0.1) is 0 Å². The van der Waals surface area contributed by atoms with E-state index < -0.39 is 6.10 Å². The Morgan fingerprint density at radius 2 is 2.44 bits per heavy atom. The first-order chi connectivity index (χ1) is 4.34. The number of hydrogen-bond donors (Lipinski definition) is 3. The van der Waals surface area contributed by atoms with Crippen LogP contribution in [0.2, 0.25) is 0 Å². The molecular formula is C6H13NO2. The molecule has 1 rings (SSSR count). The van der Waals surface area contributed by atoms with Crippen molar-refractivity contribution in [2.24, 2.45) is 0 Å². The molecule has 2 unspecified atom stereocenters. The van der Waals surface area contributed by atoms with Crippen LogP contribution < -0.4 is 5.32 Å². The summed E-state index contributed by atoms with van der Waals surface area (Å²) in [5.41, 5.74) is 0. The van der Waals surface area contributed by atoms with Gasteiger partial charge in [0.25, 0.3) is 0 Å². The lowest BCUT2D eigenvalue weighted by molar-refractivity contribution is 0.0686. The molecule has 54 valence electrons. The Labute approximate surface area is 54.7 Å². The molecule has 2 atom stereocenters. The monoisotopic (exact) mass is 131 g/mol. The highest BCUT2D eigenvalue weighted by molar-refractivity contribution is 4.80. The Morgan fingerprint density at radius 3 is 2.89 bits per heavy atom. The number of nitrogens with one attached hydrogen (secondary N) is 1. The molecule has 1 aliphatic heterocycles. The highest BCUT2D eigenvalue weighted by Gasteiger charge is 2.20. The molecule has 1 aliphatic rings. The Morgan fingerprint density at radius 1 is 1.67 bits per heavy atom. The van der Waals surface area contributed by atoms with Crippen LogP contribution in [0.5, 0.6) is 0 Å². The zero-order valence-electron chi connectivity index (χ0n) is 5.38. The second kappa shape index (κ2) is 3.15. The molecule has 3 nitrogen and oxygen atoms in total. The summed E-state index contributed by atoms with van der Waals surface area (Å²) < 4.78 is 0. The minimum absolute atomic E-state index is 0.127. The Kier molecular flexibility index (Phi) is 2.45. The molecule has 1 saturated heterocycles. The van der Waals surface area contributed by atoms with Crippen LogP contribution in [0, 0.1) is 0 Å². The van der Waals surface area contributed by atoms with Crippen molar-refractivity contribution in [1.82, 2.24) is 5.32 Å². The van der Waals surface area contributed by atoms with Crippen LogP contribution in [0.1, 0.15) is 12.8 Å². The molecule has 0 spiro atoms. The van der Waals surface area contributed by atoms with Crippen LogP contribution in [-0.2, 0) is 0 Å². The van der Waals surface area contributed by atoms with E-state index in [0.29, 0.717) is 0 Å². The van der Waals surface area contributed by atoms with Gasteiger partial charge in [-0.2, -0.15) is 0 Å². The van der Waals surface area contributed by atoms with Crippen LogP contribution in [0.25, 0.3) is 0 Å². The number of rotatable bonds is 2. The highest BCUT2D eigenvalue weighted by Crippen LogP contribution is 2.07. The third kappa shape index (κ3) is 1.64. The van der Waals surface area contributed by atoms with Gasteiger partial charge in [0, 0.05) is 6.04 Å². The van der Waals surface area contributed by atoms with Crippen molar-refractivity contribution in [3.8, 4) is 0 Å². The van der Waals surface area contributed by atoms with E-state index in [1.165, 1.54) is 0 Å². The van der Waals surface area contributed by atoms with Gasteiger partial charge in [0.15, 0.2) is 0 Å². The maximum Gasteiger partial charge on any atom is 0.0923 e. The van der Waals surface area contributed by atoms with Gasteiger partial charge in [-0.25, -0.2) is 0 Å². The summed E-state index contributed by atoms with van der Waals surface area (Å²) in [4.78, 5) is 0. The fourth-order valence-corrected chi connectivity index (χ4v) is 1.17. The van der Waals surface area contributed by atoms with Crippen LogP contribution in [0.3, 0.4) is 0 Å². The lowest BCUT2D eigenvalue weighted by atomic mass is 10.1. The van der Waals surface area contributed by atoms with Gasteiger partial charge in [-0.1, -0.05) is 0 Å². The summed E-state index contributed by atoms with van der Waals surface area (Å²) in [7, 11) is 0. The van der Waals surface area contributed by atoms with Crippen molar-refractivity contribution < 1.29 is 10.2 Å². The van der Waals surface area contributed by atoms with Crippen LogP contribution >= 0.6 is 0 Å². The van der Waals surface area contributed by atoms with Gasteiger partial charge >= 0.3 is 0 Å². The standard InChI is InChI=1S/C6H13NO2/c8-4-6(9)5-2-1-3-7-5/h5-9H,1-4H2. The third-order valence-electron chi connectivity index (χ3n) is 1.75. The molecule has 1 heterocycles. The van der Waals surface area contributed by atoms with E-state index >= 15 is 0 Å². The van der Waals surface area contributed by atoms with Gasteiger partial charge in [0.05, 0.1) is 12.7 Å². The molecule has 0 aliphatic carbocycles. The summed E-state index contributed by atoms with van der Waals surface area (Å²) in [5.74, 6) is 0. The van der Waals surface area contributed by atoms with Crippen molar-refractivity contribution in [3.63, 3.8) is 0 Å². The van der Waals surface area contributed by atoms with Gasteiger partial charge in [0.2, 0.25) is 0 Å². The molecular weight excluding hydrogens is 118 g/mol. The second-order valence-corrected chi connectivity index (χ2v) is 2.45. The third-order valence-corrected chi connectivity index (χ3v) is 1.75. The fourth-order valence-electron chi connectivity index (χ4n) is 1.17. The van der Waals surface area contributed by atoms with Gasteiger partial charge in [-0.3, -0.25) is 0 Å². The normalized spacial score (nSPS) is 30.7. The molecule has 0 radical (unpaired) electrons. The van der Waals surface area contributed by atoms with Gasteiger partial charge in [-0.05, 0) is 19.4 Å². The largest absolute Gasteiger partial charge is 0.394 e. The Hall–Kier alpha value is -0.120. The van der Waals surface area contributed by atoms with Gasteiger partial charge in [0.1, 0.15) is 0 Å². The van der Waals surface area contributed by atoms with E-state index in [9.17, 15) is 0 Å². The first-order valence-electron chi connectivity index (χ1n) is 3.37. The lowest BCUT2D eigenvalue weighted by Gasteiger charge is -2.14. The van der Waals surface area contributed by atoms with Crippen molar-refractivity contribution >= 4 is 0 Å². The summed E-state index contributed by atoms with van der Waals surface area (Å²) in [6, 6.07) is 0.134. The topological polar surface area (TPSA) is 52.5 Å². The molecule has 9 heavy (non-hydrogen) atoms. The molecule has 3 heteroatoms. The van der Waals surface area contributed by atoms with Crippen molar-refractivity contribution in [3.05, 3.63) is 0 Å². The zero-order valence-corrected chi connectivity index (χ0v) is 5.38. The predicted molar refractivity (Wildman–Crippen MR) is 34.1 cm³/mol. The van der Waals surface area contributed by atoms with Crippen LogP contribution in [-0.4, -0.2) is 35.5 Å². The second-order valence-electron chi connectivity index (χ2n) is 2.45. The molecule has 0 saturated carbocycles.